The van der Waals surface area contributed by atoms with E-state index in [0.29, 0.717) is 35.4 Å². The Morgan fingerprint density at radius 3 is 2.27 bits per heavy atom. The highest BCUT2D eigenvalue weighted by Gasteiger charge is 2.28. The molecule has 64 heavy (non-hydrogen) atoms. The molecule has 6 rings (SSSR count). The molecule has 0 saturated carbocycles. The van der Waals surface area contributed by atoms with Crippen molar-refractivity contribution in [1.82, 2.24) is 35.1 Å². The highest BCUT2D eigenvalue weighted by atomic mass is 19.1. The number of aryl methyl sites for hydroxylation is 1. The van der Waals surface area contributed by atoms with Crippen LogP contribution in [0, 0.1) is 11.7 Å². The maximum atomic E-state index is 15.4. The summed E-state index contributed by atoms with van der Waals surface area (Å²) >= 11 is 0. The second kappa shape index (κ2) is 21.0. The number of nitrogens with two attached hydrogens (primary N) is 1. The van der Waals surface area contributed by atoms with Gasteiger partial charge < -0.3 is 50.6 Å². The molecule has 0 radical (unpaired) electrons. The number of piperazine rings is 1. The van der Waals surface area contributed by atoms with Crippen LogP contribution in [-0.4, -0.2) is 92.4 Å². The Hall–Kier alpha value is -7.51. The zero-order chi connectivity index (χ0) is 45.9. The number of nitrogens with zero attached hydrogens (tertiary/aromatic N) is 6. The van der Waals surface area contributed by atoms with Gasteiger partial charge in [-0.15, -0.1) is 5.10 Å². The molecule has 338 valence electrons. The fraction of sp³-hybridized carbons (Fsp3) is 0.364. The molecule has 6 N–H and O–H groups in total. The number of carboxylic acids is 1. The van der Waals surface area contributed by atoms with Gasteiger partial charge in [-0.05, 0) is 61.1 Å². The van der Waals surface area contributed by atoms with Crippen molar-refractivity contribution < 1.29 is 42.9 Å². The summed E-state index contributed by atoms with van der Waals surface area (Å²) in [5.41, 5.74) is 7.04. The number of rotatable bonds is 17. The summed E-state index contributed by atoms with van der Waals surface area (Å²) in [6, 6.07) is 16.5. The summed E-state index contributed by atoms with van der Waals surface area (Å²) in [5, 5.41) is 26.2. The van der Waals surface area contributed by atoms with Gasteiger partial charge in [0.25, 0.3) is 0 Å². The first-order valence-corrected chi connectivity index (χ1v) is 20.8. The molecule has 1 aliphatic heterocycles. The van der Waals surface area contributed by atoms with Gasteiger partial charge in [0, 0.05) is 56.5 Å². The summed E-state index contributed by atoms with van der Waals surface area (Å²) in [7, 11) is 0. The molecular weight excluding hydrogens is 832 g/mol. The molecule has 5 aromatic rings. The van der Waals surface area contributed by atoms with Crippen molar-refractivity contribution >= 4 is 52.4 Å². The average molecular weight is 883 g/mol. The smallest absolute Gasteiger partial charge is 0.410 e. The Kier molecular flexibility index (Phi) is 15.1. The Morgan fingerprint density at radius 2 is 1.61 bits per heavy atom. The number of fused-ring (bicyclic) bond motifs is 1. The van der Waals surface area contributed by atoms with Gasteiger partial charge in [0.1, 0.15) is 36.3 Å². The van der Waals surface area contributed by atoms with Crippen molar-refractivity contribution in [3.63, 3.8) is 0 Å². The third kappa shape index (κ3) is 11.5. The quantitative estimate of drug-likeness (QED) is 0.0761. The number of urea groups is 1. The van der Waals surface area contributed by atoms with Crippen LogP contribution in [0.25, 0.3) is 10.9 Å². The zero-order valence-corrected chi connectivity index (χ0v) is 35.7. The second-order valence-corrected chi connectivity index (χ2v) is 15.5. The number of hydrogen-bond acceptors (Lipinski definition) is 11. The Labute approximate surface area is 367 Å². The molecule has 2 aromatic heterocycles. The number of nitrogens with one attached hydrogen (secondary N) is 3. The number of aromatic carboxylic acids is 1. The van der Waals surface area contributed by atoms with Gasteiger partial charge in [-0.2, -0.15) is 0 Å². The third-order valence-corrected chi connectivity index (χ3v) is 10.8. The van der Waals surface area contributed by atoms with Crippen LogP contribution >= 0.6 is 0 Å². The van der Waals surface area contributed by atoms with Gasteiger partial charge >= 0.3 is 24.2 Å². The van der Waals surface area contributed by atoms with E-state index in [1.165, 1.54) is 21.8 Å². The number of benzene rings is 3. The van der Waals surface area contributed by atoms with E-state index in [4.69, 9.17) is 15.2 Å². The van der Waals surface area contributed by atoms with Crippen molar-refractivity contribution in [1.29, 1.82) is 0 Å². The number of alkyl carbamates (subject to hydrolysis) is 1. The standard InChI is InChI=1S/C44H51FN10O9/c1-4-52-23-32(41(58)59)39(56)31-21-33(45)37(22-36(31)52)53-17-19-54(20-18-53)44(62)64-26-29-12-14-30(15-13-29)48-40(57)35(11-8-16-47-42(46)60)55-24-34(50-51-55)38(27(2)3)49-43(61)63-25-28-9-6-5-7-10-28/h5-7,9-10,12-15,21-24,27,35,38H,4,8,11,16-20,25-26H2,1-3H3,(H,48,57)(H,49,61)(H,58,59)(H3,46,47,60)/t35?,38-/m0/s1. The van der Waals surface area contributed by atoms with Crippen molar-refractivity contribution in [2.24, 2.45) is 11.7 Å². The fourth-order valence-electron chi connectivity index (χ4n) is 7.28. The van der Waals surface area contributed by atoms with E-state index >= 15 is 4.39 Å². The molecule has 0 aliphatic carbocycles. The topological polar surface area (TPSA) is 245 Å². The van der Waals surface area contributed by atoms with E-state index in [-0.39, 0.29) is 69.3 Å². The molecule has 0 bridgehead atoms. The van der Waals surface area contributed by atoms with Crippen LogP contribution in [-0.2, 0) is 34.0 Å². The van der Waals surface area contributed by atoms with E-state index in [1.807, 2.05) is 44.2 Å². The molecule has 1 aliphatic rings. The van der Waals surface area contributed by atoms with Gasteiger partial charge in [0.05, 0.1) is 23.4 Å². The van der Waals surface area contributed by atoms with Crippen LogP contribution in [0.2, 0.25) is 0 Å². The summed E-state index contributed by atoms with van der Waals surface area (Å²) in [6.07, 6.45) is 2.30. The zero-order valence-electron chi connectivity index (χ0n) is 35.7. The third-order valence-electron chi connectivity index (χ3n) is 10.8. The number of anilines is 2. The number of halogens is 1. The van der Waals surface area contributed by atoms with Crippen LogP contribution < -0.4 is 32.0 Å². The Balaban J connectivity index is 1.03. The lowest BCUT2D eigenvalue weighted by Gasteiger charge is -2.35. The lowest BCUT2D eigenvalue weighted by Crippen LogP contribution is -2.49. The number of pyridine rings is 1. The highest BCUT2D eigenvalue weighted by Crippen LogP contribution is 2.27. The Bertz CT molecular complexity index is 2520. The van der Waals surface area contributed by atoms with Gasteiger partial charge in [-0.3, -0.25) is 9.59 Å². The molecule has 5 amide bonds. The second-order valence-electron chi connectivity index (χ2n) is 15.5. The number of ether oxygens (including phenoxy) is 2. The molecule has 0 spiro atoms. The number of amides is 5. The first-order valence-electron chi connectivity index (χ1n) is 20.8. The van der Waals surface area contributed by atoms with E-state index in [2.05, 4.69) is 26.3 Å². The molecule has 19 nitrogen and oxygen atoms in total. The van der Waals surface area contributed by atoms with Crippen molar-refractivity contribution in [2.45, 2.75) is 65.5 Å². The molecule has 3 heterocycles. The van der Waals surface area contributed by atoms with Crippen molar-refractivity contribution in [2.75, 3.05) is 42.9 Å². The van der Waals surface area contributed by atoms with Gasteiger partial charge in [0.15, 0.2) is 0 Å². The van der Waals surface area contributed by atoms with Crippen molar-refractivity contribution in [3.05, 3.63) is 118 Å². The van der Waals surface area contributed by atoms with E-state index < -0.39 is 59.0 Å². The number of primary amides is 1. The number of carbonyl (C=O) groups is 5. The normalized spacial score (nSPS) is 13.6. The highest BCUT2D eigenvalue weighted by molar-refractivity contribution is 5.94. The lowest BCUT2D eigenvalue weighted by atomic mass is 10.0. The fourth-order valence-corrected chi connectivity index (χ4v) is 7.28. The van der Waals surface area contributed by atoms with E-state index in [1.54, 1.807) is 46.9 Å². The first kappa shape index (κ1) is 46.0. The lowest BCUT2D eigenvalue weighted by molar-refractivity contribution is -0.119. The van der Waals surface area contributed by atoms with Crippen LogP contribution in [0.1, 0.15) is 72.9 Å². The number of carbonyl (C=O) groups excluding carboxylic acids is 4. The van der Waals surface area contributed by atoms with Crippen LogP contribution in [0.3, 0.4) is 0 Å². The minimum atomic E-state index is -1.39. The maximum Gasteiger partial charge on any atom is 0.410 e. The van der Waals surface area contributed by atoms with E-state index in [0.717, 1.165) is 11.6 Å². The molecule has 3 aromatic carbocycles. The van der Waals surface area contributed by atoms with Gasteiger partial charge in [-0.1, -0.05) is 61.5 Å². The first-order chi connectivity index (χ1) is 30.7. The predicted octanol–water partition coefficient (Wildman–Crippen LogP) is 5.16. The van der Waals surface area contributed by atoms with Gasteiger partial charge in [-0.25, -0.2) is 28.3 Å². The van der Waals surface area contributed by atoms with Gasteiger partial charge in [0.2, 0.25) is 11.3 Å². The van der Waals surface area contributed by atoms with Crippen LogP contribution in [0.5, 0.6) is 0 Å². The van der Waals surface area contributed by atoms with Crippen LogP contribution in [0.4, 0.5) is 30.1 Å². The number of aromatic nitrogens is 4. The number of carboxylic acid groups (broad SMARTS) is 1. The minimum absolute atomic E-state index is 0.0249. The SMILES string of the molecule is CCn1cc(C(=O)O)c(=O)c2cc(F)c(N3CCN(C(=O)OCc4ccc(NC(=O)C(CCCNC(N)=O)n5cc([C@@H](NC(=O)OCc6ccccc6)C(C)C)nn5)cc4)CC3)cc21. The molecule has 1 saturated heterocycles. The molecule has 1 fully saturated rings. The van der Waals surface area contributed by atoms with Crippen molar-refractivity contribution in [3.8, 4) is 0 Å². The largest absolute Gasteiger partial charge is 0.477 e. The summed E-state index contributed by atoms with van der Waals surface area (Å²) in [5.74, 6) is -2.58. The van der Waals surface area contributed by atoms with E-state index in [9.17, 15) is 33.9 Å². The molecule has 2 atom stereocenters. The maximum absolute atomic E-state index is 15.4. The van der Waals surface area contributed by atoms with Crippen LogP contribution in [0.15, 0.2) is 83.9 Å². The summed E-state index contributed by atoms with van der Waals surface area (Å²) in [6.45, 7) is 7.26. The number of hydrogen-bond donors (Lipinski definition) is 5. The Morgan fingerprint density at radius 1 is 0.922 bits per heavy atom. The monoisotopic (exact) mass is 882 g/mol. The summed E-state index contributed by atoms with van der Waals surface area (Å²) in [4.78, 5) is 78.5. The molecule has 1 unspecified atom stereocenters. The molecule has 20 heteroatoms. The predicted molar refractivity (Wildman–Crippen MR) is 233 cm³/mol. The minimum Gasteiger partial charge on any atom is -0.477 e. The average Bonchev–Trinajstić information content (AvgIpc) is 3.76. The molecular formula is C44H51FN10O9. The summed E-state index contributed by atoms with van der Waals surface area (Å²) < 4.78 is 29.4.